The van der Waals surface area contributed by atoms with Crippen LogP contribution in [0.5, 0.6) is 0 Å². The van der Waals surface area contributed by atoms with Gasteiger partial charge in [0.1, 0.15) is 0 Å². The quantitative estimate of drug-likeness (QED) is 0.681. The van der Waals surface area contributed by atoms with Crippen LogP contribution in [0.2, 0.25) is 0 Å². The standard InChI is InChI=1S/C13H21N/c1-3-5-12-6-8-13(9-7-12)11-14-10-4-2/h6-9,14H,3-5,10-11H2,1-2H3. The minimum atomic E-state index is 1.00. The molecule has 1 rings (SSSR count). The van der Waals surface area contributed by atoms with Crippen molar-refractivity contribution in [2.45, 2.75) is 39.7 Å². The number of rotatable bonds is 6. The van der Waals surface area contributed by atoms with Gasteiger partial charge in [0.15, 0.2) is 0 Å². The fourth-order valence-electron chi connectivity index (χ4n) is 1.52. The summed E-state index contributed by atoms with van der Waals surface area (Å²) in [5.74, 6) is 0. The molecule has 0 radical (unpaired) electrons. The zero-order valence-electron chi connectivity index (χ0n) is 9.34. The maximum absolute atomic E-state index is 3.40. The maximum atomic E-state index is 3.40. The predicted octanol–water partition coefficient (Wildman–Crippen LogP) is 3.14. The van der Waals surface area contributed by atoms with Crippen molar-refractivity contribution in [1.82, 2.24) is 5.32 Å². The van der Waals surface area contributed by atoms with Gasteiger partial charge in [-0.15, -0.1) is 0 Å². The molecule has 0 spiro atoms. The van der Waals surface area contributed by atoms with Crippen molar-refractivity contribution < 1.29 is 0 Å². The Hall–Kier alpha value is -0.820. The predicted molar refractivity (Wildman–Crippen MR) is 62.4 cm³/mol. The Morgan fingerprint density at radius 1 is 0.929 bits per heavy atom. The fraction of sp³-hybridized carbons (Fsp3) is 0.538. The smallest absolute Gasteiger partial charge is 0.0205 e. The van der Waals surface area contributed by atoms with Gasteiger partial charge in [-0.3, -0.25) is 0 Å². The Morgan fingerprint density at radius 3 is 2.14 bits per heavy atom. The summed E-state index contributed by atoms with van der Waals surface area (Å²) in [6.45, 7) is 6.52. The highest BCUT2D eigenvalue weighted by Gasteiger charge is 1.93. The second-order valence-electron chi connectivity index (χ2n) is 3.74. The third-order valence-corrected chi connectivity index (χ3v) is 2.32. The molecule has 0 aliphatic carbocycles. The van der Waals surface area contributed by atoms with E-state index in [1.165, 1.54) is 30.4 Å². The first-order valence-electron chi connectivity index (χ1n) is 5.65. The third kappa shape index (κ3) is 3.93. The van der Waals surface area contributed by atoms with E-state index in [-0.39, 0.29) is 0 Å². The third-order valence-electron chi connectivity index (χ3n) is 2.32. The van der Waals surface area contributed by atoms with Crippen molar-refractivity contribution in [3.05, 3.63) is 35.4 Å². The number of aryl methyl sites for hydroxylation is 1. The highest BCUT2D eigenvalue weighted by atomic mass is 14.8. The molecule has 1 aromatic carbocycles. The first kappa shape index (κ1) is 11.3. The maximum Gasteiger partial charge on any atom is 0.0205 e. The zero-order valence-corrected chi connectivity index (χ0v) is 9.34. The summed E-state index contributed by atoms with van der Waals surface area (Å²) in [4.78, 5) is 0. The van der Waals surface area contributed by atoms with Gasteiger partial charge in [-0.25, -0.2) is 0 Å². The van der Waals surface area contributed by atoms with Gasteiger partial charge in [-0.05, 0) is 30.5 Å². The average molecular weight is 191 g/mol. The van der Waals surface area contributed by atoms with Crippen LogP contribution in [0.3, 0.4) is 0 Å². The lowest BCUT2D eigenvalue weighted by Gasteiger charge is -2.04. The van der Waals surface area contributed by atoms with Crippen LogP contribution in [0, 0.1) is 0 Å². The Bertz CT molecular complexity index is 238. The van der Waals surface area contributed by atoms with Crippen LogP contribution >= 0.6 is 0 Å². The zero-order chi connectivity index (χ0) is 10.2. The van der Waals surface area contributed by atoms with Gasteiger partial charge in [0.25, 0.3) is 0 Å². The molecule has 0 unspecified atom stereocenters. The van der Waals surface area contributed by atoms with Crippen molar-refractivity contribution in [3.63, 3.8) is 0 Å². The number of hydrogen-bond acceptors (Lipinski definition) is 1. The molecule has 0 fully saturated rings. The van der Waals surface area contributed by atoms with Gasteiger partial charge in [0.05, 0.1) is 0 Å². The molecule has 0 bridgehead atoms. The Balaban J connectivity index is 2.38. The molecule has 0 saturated carbocycles. The molecule has 0 aliphatic heterocycles. The van der Waals surface area contributed by atoms with Gasteiger partial charge in [-0.1, -0.05) is 44.5 Å². The van der Waals surface area contributed by atoms with Crippen LogP contribution in [-0.4, -0.2) is 6.54 Å². The molecule has 78 valence electrons. The van der Waals surface area contributed by atoms with Gasteiger partial charge < -0.3 is 5.32 Å². The molecule has 14 heavy (non-hydrogen) atoms. The summed E-state index contributed by atoms with van der Waals surface area (Å²) in [7, 11) is 0. The minimum absolute atomic E-state index is 1.00. The van der Waals surface area contributed by atoms with E-state index in [1.807, 2.05) is 0 Å². The van der Waals surface area contributed by atoms with E-state index in [4.69, 9.17) is 0 Å². The molecule has 1 N–H and O–H groups in total. The van der Waals surface area contributed by atoms with Gasteiger partial charge in [0, 0.05) is 6.54 Å². The van der Waals surface area contributed by atoms with E-state index in [0.29, 0.717) is 0 Å². The first-order chi connectivity index (χ1) is 6.86. The first-order valence-corrected chi connectivity index (χ1v) is 5.65. The van der Waals surface area contributed by atoms with Crippen LogP contribution in [0.1, 0.15) is 37.8 Å². The molecule has 0 amide bonds. The molecular weight excluding hydrogens is 170 g/mol. The van der Waals surface area contributed by atoms with Gasteiger partial charge >= 0.3 is 0 Å². The lowest BCUT2D eigenvalue weighted by Crippen LogP contribution is -2.13. The van der Waals surface area contributed by atoms with Crippen LogP contribution in [0.25, 0.3) is 0 Å². The summed E-state index contributed by atoms with van der Waals surface area (Å²) < 4.78 is 0. The molecular formula is C13H21N. The fourth-order valence-corrected chi connectivity index (χ4v) is 1.52. The Morgan fingerprint density at radius 2 is 1.57 bits per heavy atom. The average Bonchev–Trinajstić information content (AvgIpc) is 2.21. The number of nitrogens with one attached hydrogen (secondary N) is 1. The van der Waals surface area contributed by atoms with Gasteiger partial charge in [0.2, 0.25) is 0 Å². The molecule has 1 heteroatoms. The van der Waals surface area contributed by atoms with Crippen molar-refractivity contribution in [2.24, 2.45) is 0 Å². The van der Waals surface area contributed by atoms with Crippen molar-refractivity contribution in [2.75, 3.05) is 6.54 Å². The Labute approximate surface area is 87.5 Å². The summed E-state index contributed by atoms with van der Waals surface area (Å²) >= 11 is 0. The minimum Gasteiger partial charge on any atom is -0.313 e. The number of hydrogen-bond donors (Lipinski definition) is 1. The molecule has 0 saturated heterocycles. The summed E-state index contributed by atoms with van der Waals surface area (Å²) in [6.07, 6.45) is 3.63. The monoisotopic (exact) mass is 191 g/mol. The van der Waals surface area contributed by atoms with E-state index in [1.54, 1.807) is 0 Å². The van der Waals surface area contributed by atoms with Gasteiger partial charge in [-0.2, -0.15) is 0 Å². The molecule has 1 nitrogen and oxygen atoms in total. The molecule has 1 aromatic rings. The molecule has 0 aliphatic rings. The van der Waals surface area contributed by atoms with Crippen molar-refractivity contribution in [3.8, 4) is 0 Å². The lowest BCUT2D eigenvalue weighted by molar-refractivity contribution is 0.675. The topological polar surface area (TPSA) is 12.0 Å². The normalized spacial score (nSPS) is 10.4. The van der Waals surface area contributed by atoms with E-state index < -0.39 is 0 Å². The van der Waals surface area contributed by atoms with Crippen LogP contribution in [-0.2, 0) is 13.0 Å². The second-order valence-corrected chi connectivity index (χ2v) is 3.74. The highest BCUT2D eigenvalue weighted by Crippen LogP contribution is 2.06. The van der Waals surface area contributed by atoms with Crippen molar-refractivity contribution in [1.29, 1.82) is 0 Å². The molecule has 0 aromatic heterocycles. The molecule has 0 atom stereocenters. The summed E-state index contributed by atoms with van der Waals surface area (Å²) in [5, 5.41) is 3.40. The van der Waals surface area contributed by atoms with Crippen molar-refractivity contribution >= 4 is 0 Å². The second kappa shape index (κ2) is 6.61. The summed E-state index contributed by atoms with van der Waals surface area (Å²) in [6, 6.07) is 8.94. The van der Waals surface area contributed by atoms with E-state index in [0.717, 1.165) is 13.1 Å². The van der Waals surface area contributed by atoms with E-state index in [2.05, 4.69) is 43.4 Å². The SMILES string of the molecule is CCCNCc1ccc(CCC)cc1. The highest BCUT2D eigenvalue weighted by molar-refractivity contribution is 5.22. The van der Waals surface area contributed by atoms with Crippen LogP contribution in [0.4, 0.5) is 0 Å². The molecule has 0 heterocycles. The van der Waals surface area contributed by atoms with Crippen LogP contribution < -0.4 is 5.32 Å². The lowest BCUT2D eigenvalue weighted by atomic mass is 10.1. The summed E-state index contributed by atoms with van der Waals surface area (Å²) in [5.41, 5.74) is 2.84. The number of benzene rings is 1. The van der Waals surface area contributed by atoms with Crippen LogP contribution in [0.15, 0.2) is 24.3 Å². The largest absolute Gasteiger partial charge is 0.313 e. The van der Waals surface area contributed by atoms with E-state index >= 15 is 0 Å². The Kier molecular flexibility index (Phi) is 5.31. The van der Waals surface area contributed by atoms with E-state index in [9.17, 15) is 0 Å².